The molecule has 3 nitrogen and oxygen atoms in total. The minimum absolute atomic E-state index is 0. The molecule has 0 saturated heterocycles. The molecule has 10 heavy (non-hydrogen) atoms. The second-order valence-corrected chi connectivity index (χ2v) is 4.43. The van der Waals surface area contributed by atoms with E-state index in [0.717, 1.165) is 0 Å². The summed E-state index contributed by atoms with van der Waals surface area (Å²) >= 11 is 3.07. The van der Waals surface area contributed by atoms with Gasteiger partial charge in [-0.1, -0.05) is 15.9 Å². The van der Waals surface area contributed by atoms with Gasteiger partial charge in [0.2, 0.25) is 0 Å². The van der Waals surface area contributed by atoms with Gasteiger partial charge in [0.25, 0.3) is 10.1 Å². The standard InChI is InChI=1S/C4H9BrO3S.Na.H/c1-4(2-3-5)9(6,7)8;;/h4H,2-3H2,1H3,(H,6,7,8);;/q;+1;-1. The quantitative estimate of drug-likeness (QED) is 0.359. The summed E-state index contributed by atoms with van der Waals surface area (Å²) in [5.74, 6) is 0. The third-order valence-electron chi connectivity index (χ3n) is 1.02. The molecule has 0 aromatic carbocycles. The minimum atomic E-state index is -3.79. The summed E-state index contributed by atoms with van der Waals surface area (Å²) in [6.45, 7) is 1.47. The first kappa shape index (κ1) is 13.9. The van der Waals surface area contributed by atoms with Crippen molar-refractivity contribution in [3.63, 3.8) is 0 Å². The third kappa shape index (κ3) is 6.12. The van der Waals surface area contributed by atoms with Crippen molar-refractivity contribution in [3.05, 3.63) is 0 Å². The molecule has 0 rings (SSSR count). The van der Waals surface area contributed by atoms with Gasteiger partial charge in [0, 0.05) is 5.33 Å². The van der Waals surface area contributed by atoms with Gasteiger partial charge >= 0.3 is 29.6 Å². The predicted molar refractivity (Wildman–Crippen MR) is 40.5 cm³/mol. The molecular weight excluding hydrogens is 231 g/mol. The van der Waals surface area contributed by atoms with Gasteiger partial charge in [-0.3, -0.25) is 4.55 Å². The molecule has 1 atom stereocenters. The molecule has 0 fully saturated rings. The van der Waals surface area contributed by atoms with Gasteiger partial charge < -0.3 is 1.43 Å². The Labute approximate surface area is 93.2 Å². The van der Waals surface area contributed by atoms with Crippen LogP contribution < -0.4 is 29.6 Å². The zero-order valence-corrected chi connectivity index (χ0v) is 10.4. The van der Waals surface area contributed by atoms with E-state index in [4.69, 9.17) is 4.55 Å². The average molecular weight is 241 g/mol. The Morgan fingerprint density at radius 2 is 2.10 bits per heavy atom. The van der Waals surface area contributed by atoms with Gasteiger partial charge in [-0.2, -0.15) is 8.42 Å². The smallest absolute Gasteiger partial charge is 1.00 e. The van der Waals surface area contributed by atoms with E-state index < -0.39 is 15.4 Å². The molecule has 0 aliphatic carbocycles. The Morgan fingerprint density at radius 1 is 1.70 bits per heavy atom. The van der Waals surface area contributed by atoms with E-state index in [9.17, 15) is 8.42 Å². The number of hydrogen-bond donors (Lipinski definition) is 1. The van der Waals surface area contributed by atoms with Crippen LogP contribution in [0.1, 0.15) is 14.8 Å². The molecule has 6 heteroatoms. The predicted octanol–water partition coefficient (Wildman–Crippen LogP) is -1.84. The van der Waals surface area contributed by atoms with Crippen molar-refractivity contribution >= 4 is 26.0 Å². The topological polar surface area (TPSA) is 54.4 Å². The summed E-state index contributed by atoms with van der Waals surface area (Å²) in [6.07, 6.45) is 0.443. The van der Waals surface area contributed by atoms with Gasteiger partial charge in [-0.25, -0.2) is 0 Å². The molecule has 0 aromatic rings. The average Bonchev–Trinajstić information content (AvgIpc) is 1.64. The number of hydrogen-bond acceptors (Lipinski definition) is 2. The van der Waals surface area contributed by atoms with Crippen molar-refractivity contribution in [3.8, 4) is 0 Å². The van der Waals surface area contributed by atoms with E-state index in [2.05, 4.69) is 15.9 Å². The Balaban J connectivity index is -0.000000320. The Bertz CT molecular complexity index is 172. The molecule has 0 aromatic heterocycles. The van der Waals surface area contributed by atoms with Crippen LogP contribution in [0.4, 0.5) is 0 Å². The molecule has 0 aliphatic heterocycles. The maximum Gasteiger partial charge on any atom is 1.00 e. The molecule has 0 amide bonds. The third-order valence-corrected chi connectivity index (χ3v) is 2.73. The van der Waals surface area contributed by atoms with Crippen LogP contribution >= 0.6 is 15.9 Å². The van der Waals surface area contributed by atoms with Crippen LogP contribution in [-0.4, -0.2) is 23.6 Å². The van der Waals surface area contributed by atoms with Crippen LogP contribution in [-0.2, 0) is 10.1 Å². The van der Waals surface area contributed by atoms with Crippen LogP contribution in [0.2, 0.25) is 0 Å². The maximum atomic E-state index is 10.3. The van der Waals surface area contributed by atoms with Gasteiger partial charge in [0.1, 0.15) is 0 Å². The normalized spacial score (nSPS) is 13.9. The van der Waals surface area contributed by atoms with Crippen molar-refractivity contribution in [2.24, 2.45) is 0 Å². The Kier molecular flexibility index (Phi) is 8.32. The van der Waals surface area contributed by atoms with E-state index in [0.29, 0.717) is 11.8 Å². The van der Waals surface area contributed by atoms with Crippen LogP contribution in [0.25, 0.3) is 0 Å². The van der Waals surface area contributed by atoms with Crippen LogP contribution in [0.3, 0.4) is 0 Å². The largest absolute Gasteiger partial charge is 1.00 e. The fourth-order valence-corrected chi connectivity index (χ4v) is 1.71. The Morgan fingerprint density at radius 3 is 2.20 bits per heavy atom. The summed E-state index contributed by atoms with van der Waals surface area (Å²) in [4.78, 5) is 0. The first-order valence-electron chi connectivity index (χ1n) is 2.50. The number of alkyl halides is 1. The molecule has 1 unspecified atom stereocenters. The van der Waals surface area contributed by atoms with Gasteiger partial charge in [-0.15, -0.1) is 0 Å². The van der Waals surface area contributed by atoms with E-state index in [1.807, 2.05) is 0 Å². The SMILES string of the molecule is CC(CCBr)S(=O)(=O)O.[H-].[Na+]. The van der Waals surface area contributed by atoms with E-state index in [1.54, 1.807) is 0 Å². The van der Waals surface area contributed by atoms with Crippen molar-refractivity contribution in [1.29, 1.82) is 0 Å². The van der Waals surface area contributed by atoms with Crippen LogP contribution in [0.15, 0.2) is 0 Å². The molecule has 0 radical (unpaired) electrons. The second kappa shape index (κ2) is 5.97. The van der Waals surface area contributed by atoms with E-state index >= 15 is 0 Å². The maximum absolute atomic E-state index is 10.3. The molecule has 0 aliphatic rings. The fraction of sp³-hybridized carbons (Fsp3) is 1.00. The van der Waals surface area contributed by atoms with Gasteiger partial charge in [-0.05, 0) is 13.3 Å². The summed E-state index contributed by atoms with van der Waals surface area (Å²) in [6, 6.07) is 0. The van der Waals surface area contributed by atoms with Crippen molar-refractivity contribution < 1.29 is 44.0 Å². The second-order valence-electron chi connectivity index (χ2n) is 1.80. The van der Waals surface area contributed by atoms with Crippen molar-refractivity contribution in [1.82, 2.24) is 0 Å². The first-order chi connectivity index (χ1) is 3.98. The van der Waals surface area contributed by atoms with Crippen molar-refractivity contribution in [2.45, 2.75) is 18.6 Å². The number of halogens is 1. The molecule has 0 bridgehead atoms. The van der Waals surface area contributed by atoms with E-state index in [-0.39, 0.29) is 31.0 Å². The van der Waals surface area contributed by atoms with Crippen LogP contribution in [0, 0.1) is 0 Å². The zero-order valence-electron chi connectivity index (χ0n) is 7.04. The van der Waals surface area contributed by atoms with E-state index in [1.165, 1.54) is 6.92 Å². The monoisotopic (exact) mass is 240 g/mol. The van der Waals surface area contributed by atoms with Crippen molar-refractivity contribution in [2.75, 3.05) is 5.33 Å². The first-order valence-corrected chi connectivity index (χ1v) is 5.13. The number of rotatable bonds is 3. The molecule has 0 saturated carbocycles. The fourth-order valence-electron chi connectivity index (χ4n) is 0.303. The summed E-state index contributed by atoms with van der Waals surface area (Å²) in [7, 11) is -3.79. The molecular formula is C4H10BrNaO3S. The molecule has 1 N–H and O–H groups in total. The summed E-state index contributed by atoms with van der Waals surface area (Å²) < 4.78 is 28.9. The molecule has 0 heterocycles. The summed E-state index contributed by atoms with van der Waals surface area (Å²) in [5.41, 5.74) is 0. The minimum Gasteiger partial charge on any atom is -1.00 e. The van der Waals surface area contributed by atoms with Gasteiger partial charge in [0.05, 0.1) is 5.25 Å². The zero-order chi connectivity index (χ0) is 7.49. The van der Waals surface area contributed by atoms with Gasteiger partial charge in [0.15, 0.2) is 0 Å². The molecule has 0 spiro atoms. The summed E-state index contributed by atoms with van der Waals surface area (Å²) in [5, 5.41) is -0.0644. The van der Waals surface area contributed by atoms with Crippen LogP contribution in [0.5, 0.6) is 0 Å². The Hall–Kier alpha value is 1.39. The molecule has 58 valence electrons.